The van der Waals surface area contributed by atoms with Gasteiger partial charge in [0.15, 0.2) is 0 Å². The van der Waals surface area contributed by atoms with Gasteiger partial charge in [0.25, 0.3) is 0 Å². The normalized spacial score (nSPS) is 19.7. The van der Waals surface area contributed by atoms with Crippen molar-refractivity contribution in [3.05, 3.63) is 47.4 Å². The molecule has 1 aliphatic rings. The predicted octanol–water partition coefficient (Wildman–Crippen LogP) is 4.55. The zero-order valence-corrected chi connectivity index (χ0v) is 17.0. The second-order valence-corrected chi connectivity index (χ2v) is 7.96. The van der Waals surface area contributed by atoms with Crippen molar-refractivity contribution in [2.45, 2.75) is 65.0 Å². The predicted molar refractivity (Wildman–Crippen MR) is 115 cm³/mol. The van der Waals surface area contributed by atoms with Gasteiger partial charge < -0.3 is 11.1 Å². The first kappa shape index (κ1) is 18.8. The standard InChI is InChI=1S/C23H29N5/c1-4-16-11-17(21-10-5-14(2)26-15(21)3)12-18-13-25-23(28-22(16)18)27-20-8-6-19(24)7-9-20/h5,10-13,19-20H,4,6-9,24H2,1-3H3,(H,25,27,28). The summed E-state index contributed by atoms with van der Waals surface area (Å²) in [6, 6.07) is 9.42. The van der Waals surface area contributed by atoms with Crippen molar-refractivity contribution >= 4 is 16.9 Å². The third kappa shape index (κ3) is 3.85. The Bertz CT molecular complexity index is 990. The summed E-state index contributed by atoms with van der Waals surface area (Å²) in [6.45, 7) is 6.27. The van der Waals surface area contributed by atoms with E-state index in [1.54, 1.807) is 0 Å². The lowest BCUT2D eigenvalue weighted by Crippen LogP contribution is -2.33. The van der Waals surface area contributed by atoms with Gasteiger partial charge in [-0.1, -0.05) is 13.0 Å². The average molecular weight is 376 g/mol. The molecule has 0 saturated heterocycles. The van der Waals surface area contributed by atoms with E-state index in [0.29, 0.717) is 12.1 Å². The molecular formula is C23H29N5. The van der Waals surface area contributed by atoms with E-state index in [1.807, 2.05) is 13.1 Å². The van der Waals surface area contributed by atoms with Crippen molar-refractivity contribution in [2.75, 3.05) is 5.32 Å². The molecule has 5 heteroatoms. The molecule has 0 atom stereocenters. The van der Waals surface area contributed by atoms with E-state index < -0.39 is 0 Å². The molecule has 5 nitrogen and oxygen atoms in total. The first-order chi connectivity index (χ1) is 13.5. The summed E-state index contributed by atoms with van der Waals surface area (Å²) in [7, 11) is 0. The molecule has 2 heterocycles. The summed E-state index contributed by atoms with van der Waals surface area (Å²) in [5.41, 5.74) is 12.7. The van der Waals surface area contributed by atoms with Crippen molar-refractivity contribution in [3.8, 4) is 11.1 Å². The number of nitrogens with one attached hydrogen (secondary N) is 1. The number of pyridine rings is 1. The minimum Gasteiger partial charge on any atom is -0.351 e. The van der Waals surface area contributed by atoms with E-state index >= 15 is 0 Å². The van der Waals surface area contributed by atoms with Crippen LogP contribution in [0, 0.1) is 13.8 Å². The number of nitrogens with two attached hydrogens (primary N) is 1. The summed E-state index contributed by atoms with van der Waals surface area (Å²) in [5, 5.41) is 4.59. The molecule has 0 aliphatic heterocycles. The molecule has 3 N–H and O–H groups in total. The molecule has 4 rings (SSSR count). The molecular weight excluding hydrogens is 346 g/mol. The Hall–Kier alpha value is -2.53. The fourth-order valence-corrected chi connectivity index (χ4v) is 4.15. The van der Waals surface area contributed by atoms with Gasteiger partial charge in [-0.15, -0.1) is 0 Å². The number of aromatic nitrogens is 3. The molecule has 2 aromatic heterocycles. The van der Waals surface area contributed by atoms with Crippen molar-refractivity contribution in [1.29, 1.82) is 0 Å². The number of hydrogen-bond donors (Lipinski definition) is 2. The van der Waals surface area contributed by atoms with E-state index in [2.05, 4.69) is 53.4 Å². The second-order valence-electron chi connectivity index (χ2n) is 7.96. The third-order valence-electron chi connectivity index (χ3n) is 5.78. The lowest BCUT2D eigenvalue weighted by Gasteiger charge is -2.26. The maximum absolute atomic E-state index is 6.02. The molecule has 0 unspecified atom stereocenters. The Kier molecular flexibility index (Phi) is 5.27. The van der Waals surface area contributed by atoms with E-state index in [1.165, 1.54) is 16.7 Å². The van der Waals surface area contributed by atoms with Gasteiger partial charge >= 0.3 is 0 Å². The Balaban J connectivity index is 1.68. The number of benzene rings is 1. The highest BCUT2D eigenvalue weighted by Gasteiger charge is 2.19. The highest BCUT2D eigenvalue weighted by atomic mass is 15.1. The third-order valence-corrected chi connectivity index (χ3v) is 5.78. The number of nitrogens with zero attached hydrogens (tertiary/aromatic N) is 3. The van der Waals surface area contributed by atoms with E-state index in [-0.39, 0.29) is 0 Å². The molecule has 146 valence electrons. The van der Waals surface area contributed by atoms with E-state index in [4.69, 9.17) is 10.7 Å². The summed E-state index contributed by atoms with van der Waals surface area (Å²) >= 11 is 0. The van der Waals surface area contributed by atoms with Crippen LogP contribution in [0.4, 0.5) is 5.95 Å². The number of anilines is 1. The van der Waals surface area contributed by atoms with Gasteiger partial charge in [0, 0.05) is 40.6 Å². The highest BCUT2D eigenvalue weighted by Crippen LogP contribution is 2.29. The molecule has 1 aromatic carbocycles. The van der Waals surface area contributed by atoms with Crippen LogP contribution in [0.2, 0.25) is 0 Å². The number of fused-ring (bicyclic) bond motifs is 1. The van der Waals surface area contributed by atoms with Crippen LogP contribution in [0.1, 0.15) is 49.6 Å². The summed E-state index contributed by atoms with van der Waals surface area (Å²) in [6.07, 6.45) is 7.18. The van der Waals surface area contributed by atoms with Gasteiger partial charge in [-0.25, -0.2) is 9.97 Å². The molecule has 0 radical (unpaired) electrons. The SMILES string of the molecule is CCc1cc(-c2ccc(C)nc2C)cc2cnc(NC3CCC(N)CC3)nc12. The van der Waals surface area contributed by atoms with Crippen LogP contribution in [0.3, 0.4) is 0 Å². The molecule has 1 saturated carbocycles. The first-order valence-corrected chi connectivity index (χ1v) is 10.3. The van der Waals surface area contributed by atoms with Crippen molar-refractivity contribution in [3.63, 3.8) is 0 Å². The minimum absolute atomic E-state index is 0.348. The van der Waals surface area contributed by atoms with Crippen molar-refractivity contribution in [1.82, 2.24) is 15.0 Å². The van der Waals surface area contributed by atoms with E-state index in [9.17, 15) is 0 Å². The van der Waals surface area contributed by atoms with Crippen LogP contribution in [-0.2, 0) is 6.42 Å². The monoisotopic (exact) mass is 375 g/mol. The topological polar surface area (TPSA) is 76.7 Å². The number of aryl methyl sites for hydroxylation is 3. The molecule has 1 fully saturated rings. The maximum Gasteiger partial charge on any atom is 0.223 e. The lowest BCUT2D eigenvalue weighted by molar-refractivity contribution is 0.410. The first-order valence-electron chi connectivity index (χ1n) is 10.3. The van der Waals surface area contributed by atoms with Gasteiger partial charge in [0.2, 0.25) is 5.95 Å². The Morgan fingerprint density at radius 2 is 1.86 bits per heavy atom. The zero-order valence-electron chi connectivity index (χ0n) is 17.0. The summed E-state index contributed by atoms with van der Waals surface area (Å²) < 4.78 is 0. The van der Waals surface area contributed by atoms with Crippen LogP contribution >= 0.6 is 0 Å². The van der Waals surface area contributed by atoms with Crippen molar-refractivity contribution < 1.29 is 0 Å². The van der Waals surface area contributed by atoms with Crippen molar-refractivity contribution in [2.24, 2.45) is 5.73 Å². The van der Waals surface area contributed by atoms with E-state index in [0.717, 1.165) is 60.3 Å². The fraction of sp³-hybridized carbons (Fsp3) is 0.435. The lowest BCUT2D eigenvalue weighted by atomic mass is 9.92. The van der Waals surface area contributed by atoms with Gasteiger partial charge in [0.05, 0.1) is 5.52 Å². The van der Waals surface area contributed by atoms with Crippen LogP contribution in [0.15, 0.2) is 30.5 Å². The second kappa shape index (κ2) is 7.84. The average Bonchev–Trinajstić information content (AvgIpc) is 2.69. The smallest absolute Gasteiger partial charge is 0.223 e. The van der Waals surface area contributed by atoms with Gasteiger partial charge in [-0.05, 0) is 75.3 Å². The fourth-order valence-electron chi connectivity index (χ4n) is 4.15. The van der Waals surface area contributed by atoms with Crippen LogP contribution in [0.5, 0.6) is 0 Å². The molecule has 1 aliphatic carbocycles. The molecule has 0 bridgehead atoms. The van der Waals surface area contributed by atoms with Crippen LogP contribution in [0.25, 0.3) is 22.0 Å². The zero-order chi connectivity index (χ0) is 19.7. The Labute approximate surface area is 166 Å². The number of hydrogen-bond acceptors (Lipinski definition) is 5. The molecule has 28 heavy (non-hydrogen) atoms. The molecule has 3 aromatic rings. The van der Waals surface area contributed by atoms with Gasteiger partial charge in [-0.2, -0.15) is 0 Å². The Morgan fingerprint density at radius 3 is 2.57 bits per heavy atom. The Morgan fingerprint density at radius 1 is 1.07 bits per heavy atom. The quantitative estimate of drug-likeness (QED) is 0.699. The van der Waals surface area contributed by atoms with Crippen LogP contribution in [-0.4, -0.2) is 27.0 Å². The maximum atomic E-state index is 6.02. The largest absolute Gasteiger partial charge is 0.351 e. The molecule has 0 amide bonds. The molecule has 0 spiro atoms. The highest BCUT2D eigenvalue weighted by molar-refractivity contribution is 5.88. The van der Waals surface area contributed by atoms with Crippen LogP contribution < -0.4 is 11.1 Å². The van der Waals surface area contributed by atoms with Gasteiger partial charge in [0.1, 0.15) is 0 Å². The van der Waals surface area contributed by atoms with Gasteiger partial charge in [-0.3, -0.25) is 4.98 Å². The summed E-state index contributed by atoms with van der Waals surface area (Å²) in [4.78, 5) is 14.1. The minimum atomic E-state index is 0.348. The summed E-state index contributed by atoms with van der Waals surface area (Å²) in [5.74, 6) is 0.726. The number of rotatable bonds is 4.